The molecule has 2 aromatic carbocycles. The highest BCUT2D eigenvalue weighted by Gasteiger charge is 2.32. The van der Waals surface area contributed by atoms with Gasteiger partial charge in [-0.25, -0.2) is 4.98 Å². The third kappa shape index (κ3) is 2.61. The predicted molar refractivity (Wildman–Crippen MR) is 96.7 cm³/mol. The Labute approximate surface area is 145 Å². The van der Waals surface area contributed by atoms with Gasteiger partial charge in [-0.15, -0.1) is 5.11 Å². The monoisotopic (exact) mass is 331 g/mol. The molecule has 0 saturated carbocycles. The average molecular weight is 331 g/mol. The third-order valence-electron chi connectivity index (χ3n) is 4.30. The van der Waals surface area contributed by atoms with E-state index in [1.54, 1.807) is 4.90 Å². The number of anilines is 1. The first-order chi connectivity index (χ1) is 12.1. The number of amides is 1. The average Bonchev–Trinajstić information content (AvgIpc) is 3.11. The van der Waals surface area contributed by atoms with Crippen molar-refractivity contribution in [1.29, 1.82) is 0 Å². The van der Waals surface area contributed by atoms with Crippen LogP contribution in [-0.2, 0) is 11.8 Å². The van der Waals surface area contributed by atoms with E-state index in [1.807, 2.05) is 79.3 Å². The molecule has 4 rings (SSSR count). The number of fused-ring (bicyclic) bond motifs is 1. The van der Waals surface area contributed by atoms with Crippen LogP contribution in [0.25, 0.3) is 11.0 Å². The summed E-state index contributed by atoms with van der Waals surface area (Å²) in [6.45, 7) is 1.89. The zero-order chi connectivity index (χ0) is 17.4. The number of hydrogen-bond donors (Lipinski definition) is 0. The van der Waals surface area contributed by atoms with Gasteiger partial charge in [0.15, 0.2) is 6.04 Å². The number of aromatic nitrogens is 2. The highest BCUT2D eigenvalue weighted by molar-refractivity contribution is 6.03. The van der Waals surface area contributed by atoms with Crippen LogP contribution < -0.4 is 4.90 Å². The Morgan fingerprint density at radius 2 is 1.76 bits per heavy atom. The molecule has 6 heteroatoms. The molecule has 25 heavy (non-hydrogen) atoms. The van der Waals surface area contributed by atoms with Crippen molar-refractivity contribution in [3.05, 3.63) is 66.4 Å². The van der Waals surface area contributed by atoms with Gasteiger partial charge < -0.3 is 4.57 Å². The number of azo groups is 1. The van der Waals surface area contributed by atoms with Gasteiger partial charge in [-0.3, -0.25) is 9.69 Å². The molecule has 124 valence electrons. The normalized spacial score (nSPS) is 17.7. The molecule has 3 aromatic rings. The molecule has 0 N–H and O–H groups in total. The molecule has 0 aliphatic carbocycles. The first-order valence-electron chi connectivity index (χ1n) is 8.04. The van der Waals surface area contributed by atoms with Gasteiger partial charge in [-0.05, 0) is 36.8 Å². The lowest BCUT2D eigenvalue weighted by Gasteiger charge is -2.14. The van der Waals surface area contributed by atoms with Crippen LogP contribution in [0.2, 0.25) is 0 Å². The van der Waals surface area contributed by atoms with Crippen LogP contribution in [0.4, 0.5) is 11.6 Å². The van der Waals surface area contributed by atoms with Gasteiger partial charge in [0, 0.05) is 18.9 Å². The number of rotatable bonds is 3. The summed E-state index contributed by atoms with van der Waals surface area (Å²) < 4.78 is 1.87. The predicted octanol–water partition coefficient (Wildman–Crippen LogP) is 3.98. The zero-order valence-electron chi connectivity index (χ0n) is 14.0. The number of nitrogens with zero attached hydrogens (tertiary/aromatic N) is 5. The molecule has 1 aliphatic heterocycles. The van der Waals surface area contributed by atoms with Gasteiger partial charge in [0.1, 0.15) is 0 Å². The van der Waals surface area contributed by atoms with Gasteiger partial charge in [-0.1, -0.05) is 30.3 Å². The number of imidazole rings is 1. The van der Waals surface area contributed by atoms with Crippen molar-refractivity contribution in [2.24, 2.45) is 17.3 Å². The topological polar surface area (TPSA) is 62.9 Å². The van der Waals surface area contributed by atoms with Gasteiger partial charge >= 0.3 is 0 Å². The lowest BCUT2D eigenvalue weighted by Crippen LogP contribution is -2.28. The quantitative estimate of drug-likeness (QED) is 0.682. The molecule has 0 spiro atoms. The zero-order valence-corrected chi connectivity index (χ0v) is 14.0. The van der Waals surface area contributed by atoms with Crippen LogP contribution in [0, 0.1) is 0 Å². The van der Waals surface area contributed by atoms with Crippen LogP contribution >= 0.6 is 0 Å². The van der Waals surface area contributed by atoms with Gasteiger partial charge in [-0.2, -0.15) is 5.11 Å². The molecule has 0 radical (unpaired) electrons. The van der Waals surface area contributed by atoms with E-state index < -0.39 is 6.04 Å². The molecule has 2 heterocycles. The fraction of sp³-hybridized carbons (Fsp3) is 0.158. The third-order valence-corrected chi connectivity index (χ3v) is 4.30. The molecule has 1 aliphatic rings. The highest BCUT2D eigenvalue weighted by atomic mass is 16.2. The summed E-state index contributed by atoms with van der Waals surface area (Å²) in [7, 11) is 1.89. The van der Waals surface area contributed by atoms with E-state index in [0.29, 0.717) is 5.95 Å². The van der Waals surface area contributed by atoms with Gasteiger partial charge in [0.2, 0.25) is 5.95 Å². The summed E-state index contributed by atoms with van der Waals surface area (Å²) in [5.41, 5.74) is 3.52. The smallest absolute Gasteiger partial charge is 0.262 e. The lowest BCUT2D eigenvalue weighted by atomic mass is 10.2. The highest BCUT2D eigenvalue weighted by Crippen LogP contribution is 2.27. The van der Waals surface area contributed by atoms with Crippen molar-refractivity contribution in [3.8, 4) is 0 Å². The second-order valence-corrected chi connectivity index (χ2v) is 5.99. The molecular formula is C19H17N5O. The first kappa shape index (κ1) is 15.3. The number of carbonyl (C=O) groups is 1. The Morgan fingerprint density at radius 3 is 2.52 bits per heavy atom. The number of carbonyl (C=O) groups excluding carboxylic acids is 1. The van der Waals surface area contributed by atoms with Gasteiger partial charge in [0.05, 0.1) is 11.0 Å². The molecule has 0 fully saturated rings. The minimum Gasteiger partial charge on any atom is -0.310 e. The largest absolute Gasteiger partial charge is 0.310 e. The summed E-state index contributed by atoms with van der Waals surface area (Å²) >= 11 is 0. The Hall–Kier alpha value is -3.28. The van der Waals surface area contributed by atoms with E-state index in [0.717, 1.165) is 22.3 Å². The fourth-order valence-corrected chi connectivity index (χ4v) is 2.93. The van der Waals surface area contributed by atoms with Crippen LogP contribution in [0.1, 0.15) is 6.92 Å². The van der Waals surface area contributed by atoms with E-state index in [2.05, 4.69) is 15.2 Å². The Balaban J connectivity index is 1.62. The molecule has 1 atom stereocenters. The van der Waals surface area contributed by atoms with E-state index in [9.17, 15) is 4.79 Å². The minimum absolute atomic E-state index is 0.105. The second kappa shape index (κ2) is 5.98. The molecular weight excluding hydrogens is 314 g/mol. The molecule has 0 saturated heterocycles. The van der Waals surface area contributed by atoms with Crippen LogP contribution in [0.5, 0.6) is 0 Å². The molecule has 1 amide bonds. The van der Waals surface area contributed by atoms with E-state index in [-0.39, 0.29) is 5.91 Å². The molecule has 0 bridgehead atoms. The van der Waals surface area contributed by atoms with E-state index >= 15 is 0 Å². The number of benzene rings is 2. The number of hydrogen-bond acceptors (Lipinski definition) is 4. The van der Waals surface area contributed by atoms with Crippen LogP contribution in [-0.4, -0.2) is 21.5 Å². The molecule has 1 aromatic heterocycles. The molecule has 6 nitrogen and oxygen atoms in total. The Kier molecular flexibility index (Phi) is 3.65. The van der Waals surface area contributed by atoms with Crippen LogP contribution in [0.15, 0.2) is 76.6 Å². The van der Waals surface area contributed by atoms with Crippen molar-refractivity contribution in [2.45, 2.75) is 13.0 Å². The van der Waals surface area contributed by atoms with Crippen molar-refractivity contribution in [3.63, 3.8) is 0 Å². The Bertz CT molecular complexity index is 1000. The van der Waals surface area contributed by atoms with E-state index in [4.69, 9.17) is 0 Å². The first-order valence-corrected chi connectivity index (χ1v) is 8.04. The van der Waals surface area contributed by atoms with Crippen molar-refractivity contribution in [1.82, 2.24) is 9.55 Å². The number of para-hydroxylation sites is 3. The fourth-order valence-electron chi connectivity index (χ4n) is 2.93. The minimum atomic E-state index is -0.611. The molecule has 0 unspecified atom stereocenters. The van der Waals surface area contributed by atoms with E-state index in [1.165, 1.54) is 0 Å². The van der Waals surface area contributed by atoms with Gasteiger partial charge in [0.25, 0.3) is 5.91 Å². The second-order valence-electron chi connectivity index (χ2n) is 5.99. The lowest BCUT2D eigenvalue weighted by molar-refractivity contribution is -0.117. The maximum atomic E-state index is 12.7. The summed E-state index contributed by atoms with van der Waals surface area (Å²) in [4.78, 5) is 18.8. The van der Waals surface area contributed by atoms with Crippen LogP contribution in [0.3, 0.4) is 0 Å². The van der Waals surface area contributed by atoms with Crippen molar-refractivity contribution >= 4 is 28.6 Å². The van der Waals surface area contributed by atoms with Crippen molar-refractivity contribution < 1.29 is 4.79 Å². The summed E-state index contributed by atoms with van der Waals surface area (Å²) in [5.74, 6) is 0.381. The number of aryl methyl sites for hydroxylation is 1. The Morgan fingerprint density at radius 1 is 1.04 bits per heavy atom. The van der Waals surface area contributed by atoms with Crippen molar-refractivity contribution in [2.75, 3.05) is 4.90 Å². The summed E-state index contributed by atoms with van der Waals surface area (Å²) in [6.07, 6.45) is 1.82. The maximum absolute atomic E-state index is 12.7. The SMILES string of the molecule is CC1=CN(c2ccccc2)C(=O)[C@H]1N=Nc1nc2ccccc2n1C. The maximum Gasteiger partial charge on any atom is 0.262 e. The summed E-state index contributed by atoms with van der Waals surface area (Å²) in [5, 5.41) is 8.51. The standard InChI is InChI=1S/C19H17N5O/c1-13-12-24(14-8-4-3-5-9-14)18(25)17(13)21-22-19-20-15-10-6-7-11-16(15)23(19)2/h3-12,17H,1-2H3/t17-/m0/s1. The summed E-state index contributed by atoms with van der Waals surface area (Å²) in [6, 6.07) is 16.7.